The molecule has 1 heteroatoms. The van der Waals surface area contributed by atoms with Gasteiger partial charge in [-0.3, -0.25) is 0 Å². The fraction of sp³-hybridized carbons (Fsp3) is 1.00. The molecule has 0 saturated heterocycles. The van der Waals surface area contributed by atoms with E-state index in [1.54, 1.807) is 0 Å². The Morgan fingerprint density at radius 2 is 1.36 bits per heavy atom. The summed E-state index contributed by atoms with van der Waals surface area (Å²) in [6.45, 7) is 5.38. The van der Waals surface area contributed by atoms with Crippen molar-refractivity contribution in [2.75, 3.05) is 6.54 Å². The molecule has 0 aromatic heterocycles. The molecule has 0 amide bonds. The summed E-state index contributed by atoms with van der Waals surface area (Å²) >= 11 is 0. The first-order chi connectivity index (χ1) is 6.81. The zero-order valence-electron chi connectivity index (χ0n) is 10.2. The molecule has 14 heavy (non-hydrogen) atoms. The lowest BCUT2D eigenvalue weighted by Crippen LogP contribution is -2.10. The standard InChI is InChI=1S/C13H29N/c1-3-4-5-6-7-8-9-10-11-13(2)12-14/h13H,3-12,14H2,1-2H3. The predicted molar refractivity (Wildman–Crippen MR) is 65.4 cm³/mol. The maximum absolute atomic E-state index is 5.57. The summed E-state index contributed by atoms with van der Waals surface area (Å²) in [4.78, 5) is 0. The molecule has 0 aliphatic carbocycles. The van der Waals surface area contributed by atoms with Gasteiger partial charge < -0.3 is 5.73 Å². The minimum Gasteiger partial charge on any atom is -0.330 e. The first-order valence-electron chi connectivity index (χ1n) is 6.51. The highest BCUT2D eigenvalue weighted by molar-refractivity contribution is 4.53. The van der Waals surface area contributed by atoms with Crippen molar-refractivity contribution in [2.24, 2.45) is 11.7 Å². The van der Waals surface area contributed by atoms with Gasteiger partial charge >= 0.3 is 0 Å². The van der Waals surface area contributed by atoms with Crippen molar-refractivity contribution < 1.29 is 0 Å². The van der Waals surface area contributed by atoms with E-state index < -0.39 is 0 Å². The van der Waals surface area contributed by atoms with E-state index >= 15 is 0 Å². The molecule has 86 valence electrons. The summed E-state index contributed by atoms with van der Waals surface area (Å²) in [6, 6.07) is 0. The van der Waals surface area contributed by atoms with Crippen LogP contribution in [0.3, 0.4) is 0 Å². The third kappa shape index (κ3) is 10.0. The van der Waals surface area contributed by atoms with Crippen LogP contribution in [0.4, 0.5) is 0 Å². The second-order valence-electron chi connectivity index (χ2n) is 4.60. The Morgan fingerprint density at radius 1 is 0.857 bits per heavy atom. The van der Waals surface area contributed by atoms with E-state index in [1.807, 2.05) is 0 Å². The third-order valence-corrected chi connectivity index (χ3v) is 2.95. The van der Waals surface area contributed by atoms with Crippen molar-refractivity contribution in [3.8, 4) is 0 Å². The van der Waals surface area contributed by atoms with Crippen LogP contribution in [-0.4, -0.2) is 6.54 Å². The predicted octanol–water partition coefficient (Wildman–Crippen LogP) is 4.11. The number of hydrogen-bond acceptors (Lipinski definition) is 1. The summed E-state index contributed by atoms with van der Waals surface area (Å²) in [5.74, 6) is 0.732. The minimum absolute atomic E-state index is 0.732. The van der Waals surface area contributed by atoms with Crippen LogP contribution in [0.15, 0.2) is 0 Å². The Balaban J connectivity index is 2.92. The van der Waals surface area contributed by atoms with E-state index in [2.05, 4.69) is 13.8 Å². The van der Waals surface area contributed by atoms with Gasteiger partial charge in [0.05, 0.1) is 0 Å². The molecule has 0 fully saturated rings. The van der Waals surface area contributed by atoms with Gasteiger partial charge in [-0.15, -0.1) is 0 Å². The number of unbranched alkanes of at least 4 members (excludes halogenated alkanes) is 7. The van der Waals surface area contributed by atoms with E-state index in [0.717, 1.165) is 12.5 Å². The van der Waals surface area contributed by atoms with E-state index in [1.165, 1.54) is 57.8 Å². The van der Waals surface area contributed by atoms with Crippen molar-refractivity contribution >= 4 is 0 Å². The lowest BCUT2D eigenvalue weighted by atomic mass is 10.0. The largest absolute Gasteiger partial charge is 0.330 e. The Hall–Kier alpha value is -0.0400. The normalized spacial score (nSPS) is 13.1. The number of hydrogen-bond donors (Lipinski definition) is 1. The second-order valence-corrected chi connectivity index (χ2v) is 4.60. The van der Waals surface area contributed by atoms with Crippen LogP contribution in [0, 0.1) is 5.92 Å². The summed E-state index contributed by atoms with van der Waals surface area (Å²) in [6.07, 6.45) is 12.7. The van der Waals surface area contributed by atoms with Gasteiger partial charge in [0.1, 0.15) is 0 Å². The molecule has 0 heterocycles. The Morgan fingerprint density at radius 3 is 1.86 bits per heavy atom. The van der Waals surface area contributed by atoms with E-state index in [9.17, 15) is 0 Å². The fourth-order valence-corrected chi connectivity index (χ4v) is 1.74. The van der Waals surface area contributed by atoms with Gasteiger partial charge in [0.25, 0.3) is 0 Å². The molecule has 0 bridgehead atoms. The molecule has 0 aliphatic heterocycles. The molecule has 2 N–H and O–H groups in total. The lowest BCUT2D eigenvalue weighted by Gasteiger charge is -2.07. The molecule has 0 rings (SSSR count). The SMILES string of the molecule is CCCCCCCCCCC(C)CN. The van der Waals surface area contributed by atoms with E-state index in [4.69, 9.17) is 5.73 Å². The molecule has 0 radical (unpaired) electrons. The number of nitrogens with two attached hydrogens (primary N) is 1. The minimum atomic E-state index is 0.732. The van der Waals surface area contributed by atoms with Crippen molar-refractivity contribution in [1.29, 1.82) is 0 Å². The van der Waals surface area contributed by atoms with Crippen LogP contribution < -0.4 is 5.73 Å². The smallest absolute Gasteiger partial charge is 0.00515 e. The van der Waals surface area contributed by atoms with E-state index in [-0.39, 0.29) is 0 Å². The molecule has 1 unspecified atom stereocenters. The maximum Gasteiger partial charge on any atom is -0.00515 e. The Bertz CT molecular complexity index is 101. The van der Waals surface area contributed by atoms with Gasteiger partial charge in [0.2, 0.25) is 0 Å². The van der Waals surface area contributed by atoms with Gasteiger partial charge in [-0.1, -0.05) is 65.2 Å². The molecule has 0 aromatic carbocycles. The highest BCUT2D eigenvalue weighted by atomic mass is 14.5. The topological polar surface area (TPSA) is 26.0 Å². The molecular weight excluding hydrogens is 170 g/mol. The average Bonchev–Trinajstić information content (AvgIpc) is 2.21. The molecule has 0 saturated carbocycles. The Labute approximate surface area is 90.5 Å². The van der Waals surface area contributed by atoms with Gasteiger partial charge in [0, 0.05) is 0 Å². The average molecular weight is 199 g/mol. The zero-order chi connectivity index (χ0) is 10.6. The summed E-state index contributed by atoms with van der Waals surface area (Å²) in [5.41, 5.74) is 5.57. The van der Waals surface area contributed by atoms with Crippen LogP contribution >= 0.6 is 0 Å². The summed E-state index contributed by atoms with van der Waals surface area (Å²) < 4.78 is 0. The van der Waals surface area contributed by atoms with Crippen molar-refractivity contribution in [3.63, 3.8) is 0 Å². The van der Waals surface area contributed by atoms with Crippen molar-refractivity contribution in [1.82, 2.24) is 0 Å². The lowest BCUT2D eigenvalue weighted by molar-refractivity contribution is 0.488. The molecule has 0 spiro atoms. The van der Waals surface area contributed by atoms with Crippen molar-refractivity contribution in [3.05, 3.63) is 0 Å². The first kappa shape index (κ1) is 14.0. The molecular formula is C13H29N. The third-order valence-electron chi connectivity index (χ3n) is 2.95. The zero-order valence-corrected chi connectivity index (χ0v) is 10.2. The quantitative estimate of drug-likeness (QED) is 0.526. The highest BCUT2D eigenvalue weighted by Gasteiger charge is 1.98. The fourth-order valence-electron chi connectivity index (χ4n) is 1.74. The highest BCUT2D eigenvalue weighted by Crippen LogP contribution is 2.12. The molecule has 1 atom stereocenters. The molecule has 0 aliphatic rings. The van der Waals surface area contributed by atoms with Crippen LogP contribution in [0.25, 0.3) is 0 Å². The maximum atomic E-state index is 5.57. The summed E-state index contributed by atoms with van der Waals surface area (Å²) in [5, 5.41) is 0. The van der Waals surface area contributed by atoms with Crippen LogP contribution in [0.5, 0.6) is 0 Å². The van der Waals surface area contributed by atoms with Gasteiger partial charge in [-0.25, -0.2) is 0 Å². The van der Waals surface area contributed by atoms with Crippen LogP contribution in [0.2, 0.25) is 0 Å². The number of rotatable bonds is 10. The Kier molecular flexibility index (Phi) is 11.0. The second kappa shape index (κ2) is 11.0. The van der Waals surface area contributed by atoms with Gasteiger partial charge in [-0.2, -0.15) is 0 Å². The van der Waals surface area contributed by atoms with Gasteiger partial charge in [0.15, 0.2) is 0 Å². The van der Waals surface area contributed by atoms with E-state index in [0.29, 0.717) is 0 Å². The van der Waals surface area contributed by atoms with Crippen LogP contribution in [0.1, 0.15) is 71.6 Å². The molecule has 0 aromatic rings. The first-order valence-corrected chi connectivity index (χ1v) is 6.51. The van der Waals surface area contributed by atoms with Gasteiger partial charge in [-0.05, 0) is 18.9 Å². The monoisotopic (exact) mass is 199 g/mol. The summed E-state index contributed by atoms with van der Waals surface area (Å²) in [7, 11) is 0. The van der Waals surface area contributed by atoms with Crippen molar-refractivity contribution in [2.45, 2.75) is 71.6 Å². The van der Waals surface area contributed by atoms with Crippen LogP contribution in [-0.2, 0) is 0 Å². The molecule has 1 nitrogen and oxygen atoms in total.